The van der Waals surface area contributed by atoms with Gasteiger partial charge in [-0.25, -0.2) is 0 Å². The first-order chi connectivity index (χ1) is 4.93. The minimum atomic E-state index is -4.25. The molecule has 0 aliphatic heterocycles. The number of primary amides is 1. The van der Waals surface area contributed by atoms with Crippen LogP contribution in [0.5, 0.6) is 0 Å². The van der Waals surface area contributed by atoms with E-state index in [1.54, 1.807) is 0 Å². The highest BCUT2D eigenvalue weighted by atomic mass is 19.4. The molecule has 1 saturated carbocycles. The highest BCUT2D eigenvalue weighted by molar-refractivity contribution is 5.77. The third-order valence-corrected chi connectivity index (χ3v) is 2.06. The van der Waals surface area contributed by atoms with E-state index in [4.69, 9.17) is 5.73 Å². The van der Waals surface area contributed by atoms with Crippen LogP contribution >= 0.6 is 0 Å². The predicted molar refractivity (Wildman–Crippen MR) is 31.5 cm³/mol. The fourth-order valence-corrected chi connectivity index (χ4v) is 1.23. The standard InChI is InChI=1S/C6H8F3NO/c7-6(8,9)4-2-1-3(4)5(10)11/h3-4H,1-2H2,(H2,10,11). The molecular weight excluding hydrogens is 159 g/mol. The fraction of sp³-hybridized carbons (Fsp3) is 0.833. The molecule has 2 unspecified atom stereocenters. The first-order valence-corrected chi connectivity index (χ1v) is 3.29. The van der Waals surface area contributed by atoms with Crippen molar-refractivity contribution < 1.29 is 18.0 Å². The van der Waals surface area contributed by atoms with Gasteiger partial charge >= 0.3 is 6.18 Å². The highest BCUT2D eigenvalue weighted by Gasteiger charge is 2.51. The maximum absolute atomic E-state index is 11.9. The van der Waals surface area contributed by atoms with Gasteiger partial charge < -0.3 is 5.73 Å². The number of carbonyl (C=O) groups excluding carboxylic acids is 1. The molecule has 0 aromatic heterocycles. The van der Waals surface area contributed by atoms with Crippen molar-refractivity contribution in [2.24, 2.45) is 17.6 Å². The highest BCUT2D eigenvalue weighted by Crippen LogP contribution is 2.45. The molecule has 64 valence electrons. The lowest BCUT2D eigenvalue weighted by atomic mass is 9.73. The Morgan fingerprint density at radius 3 is 2.00 bits per heavy atom. The van der Waals surface area contributed by atoms with E-state index in [1.165, 1.54) is 0 Å². The van der Waals surface area contributed by atoms with Gasteiger partial charge in [-0.3, -0.25) is 4.79 Å². The molecule has 0 aromatic carbocycles. The Morgan fingerprint density at radius 2 is 1.91 bits per heavy atom. The molecule has 2 N–H and O–H groups in total. The molecule has 1 amide bonds. The first kappa shape index (κ1) is 8.36. The van der Waals surface area contributed by atoms with Crippen LogP contribution in [0.2, 0.25) is 0 Å². The summed E-state index contributed by atoms with van der Waals surface area (Å²) in [4.78, 5) is 10.4. The number of hydrogen-bond donors (Lipinski definition) is 1. The van der Waals surface area contributed by atoms with Gasteiger partial charge in [0.25, 0.3) is 0 Å². The molecule has 11 heavy (non-hydrogen) atoms. The second kappa shape index (κ2) is 2.39. The lowest BCUT2D eigenvalue weighted by Gasteiger charge is -2.35. The summed E-state index contributed by atoms with van der Waals surface area (Å²) in [6.45, 7) is 0. The molecule has 1 aliphatic rings. The van der Waals surface area contributed by atoms with Crippen molar-refractivity contribution in [2.75, 3.05) is 0 Å². The summed E-state index contributed by atoms with van der Waals surface area (Å²) in [7, 11) is 0. The summed E-state index contributed by atoms with van der Waals surface area (Å²) in [5, 5.41) is 0. The van der Waals surface area contributed by atoms with Crippen LogP contribution in [0.25, 0.3) is 0 Å². The van der Waals surface area contributed by atoms with Crippen LogP contribution in [0.15, 0.2) is 0 Å². The molecule has 1 fully saturated rings. The zero-order valence-electron chi connectivity index (χ0n) is 5.69. The van der Waals surface area contributed by atoms with Crippen molar-refractivity contribution in [3.05, 3.63) is 0 Å². The average molecular weight is 167 g/mol. The molecule has 0 aromatic rings. The Balaban J connectivity index is 2.57. The van der Waals surface area contributed by atoms with Gasteiger partial charge in [0.15, 0.2) is 0 Å². The molecule has 0 bridgehead atoms. The second-order valence-corrected chi connectivity index (χ2v) is 2.73. The van der Waals surface area contributed by atoms with E-state index in [-0.39, 0.29) is 12.8 Å². The fourth-order valence-electron chi connectivity index (χ4n) is 1.23. The van der Waals surface area contributed by atoms with Crippen molar-refractivity contribution in [3.63, 3.8) is 0 Å². The van der Waals surface area contributed by atoms with Crippen molar-refractivity contribution >= 4 is 5.91 Å². The summed E-state index contributed by atoms with van der Waals surface area (Å²) in [5.41, 5.74) is 4.75. The lowest BCUT2D eigenvalue weighted by molar-refractivity contribution is -0.212. The van der Waals surface area contributed by atoms with Crippen LogP contribution in [0.3, 0.4) is 0 Å². The van der Waals surface area contributed by atoms with Crippen molar-refractivity contribution in [2.45, 2.75) is 19.0 Å². The largest absolute Gasteiger partial charge is 0.392 e. The second-order valence-electron chi connectivity index (χ2n) is 2.73. The van der Waals surface area contributed by atoms with Gasteiger partial charge in [-0.05, 0) is 12.8 Å². The van der Waals surface area contributed by atoms with Gasteiger partial charge in [0.05, 0.1) is 5.92 Å². The number of amides is 1. The number of halogens is 3. The summed E-state index contributed by atoms with van der Waals surface area (Å²) < 4.78 is 35.7. The molecule has 2 atom stereocenters. The maximum atomic E-state index is 11.9. The number of nitrogens with two attached hydrogens (primary N) is 1. The quantitative estimate of drug-likeness (QED) is 0.623. The van der Waals surface area contributed by atoms with Crippen molar-refractivity contribution in [1.82, 2.24) is 0 Å². The Morgan fingerprint density at radius 1 is 1.36 bits per heavy atom. The van der Waals surface area contributed by atoms with Gasteiger partial charge in [0.2, 0.25) is 5.91 Å². The predicted octanol–water partition coefficient (Wildman–Crippen LogP) is 1.06. The molecule has 5 heteroatoms. The van der Waals surface area contributed by atoms with Crippen LogP contribution < -0.4 is 5.73 Å². The van der Waals surface area contributed by atoms with E-state index in [2.05, 4.69) is 0 Å². The van der Waals surface area contributed by atoms with E-state index < -0.39 is 23.9 Å². The Bertz CT molecular complexity index is 177. The molecule has 1 rings (SSSR count). The minimum Gasteiger partial charge on any atom is -0.369 e. The minimum absolute atomic E-state index is 0.0388. The van der Waals surface area contributed by atoms with Crippen LogP contribution in [-0.4, -0.2) is 12.1 Å². The summed E-state index contributed by atoms with van der Waals surface area (Å²) in [6, 6.07) is 0. The normalized spacial score (nSPS) is 31.2. The first-order valence-electron chi connectivity index (χ1n) is 3.29. The van der Waals surface area contributed by atoms with Crippen LogP contribution in [0.4, 0.5) is 13.2 Å². The molecule has 0 spiro atoms. The van der Waals surface area contributed by atoms with Crippen molar-refractivity contribution in [1.29, 1.82) is 0 Å². The smallest absolute Gasteiger partial charge is 0.369 e. The third-order valence-electron chi connectivity index (χ3n) is 2.06. The van der Waals surface area contributed by atoms with Gasteiger partial charge in [-0.2, -0.15) is 13.2 Å². The summed E-state index contributed by atoms with van der Waals surface area (Å²) in [6.07, 6.45) is -3.94. The number of rotatable bonds is 1. The average Bonchev–Trinajstić information content (AvgIpc) is 1.51. The molecular formula is C6H8F3NO. The Labute approximate surface area is 61.6 Å². The lowest BCUT2D eigenvalue weighted by Crippen LogP contribution is -2.45. The van der Waals surface area contributed by atoms with E-state index in [0.29, 0.717) is 0 Å². The van der Waals surface area contributed by atoms with Gasteiger partial charge in [0, 0.05) is 5.92 Å². The Kier molecular flexibility index (Phi) is 1.82. The van der Waals surface area contributed by atoms with Crippen LogP contribution in [0.1, 0.15) is 12.8 Å². The third kappa shape index (κ3) is 1.46. The van der Waals surface area contributed by atoms with E-state index >= 15 is 0 Å². The maximum Gasteiger partial charge on any atom is 0.392 e. The zero-order chi connectivity index (χ0) is 8.65. The number of alkyl halides is 3. The zero-order valence-corrected chi connectivity index (χ0v) is 5.69. The van der Waals surface area contributed by atoms with E-state index in [1.807, 2.05) is 0 Å². The summed E-state index contributed by atoms with van der Waals surface area (Å²) >= 11 is 0. The van der Waals surface area contributed by atoms with E-state index in [9.17, 15) is 18.0 Å². The molecule has 0 heterocycles. The van der Waals surface area contributed by atoms with Crippen molar-refractivity contribution in [3.8, 4) is 0 Å². The molecule has 1 aliphatic carbocycles. The van der Waals surface area contributed by atoms with Gasteiger partial charge in [0.1, 0.15) is 0 Å². The molecule has 0 saturated heterocycles. The van der Waals surface area contributed by atoms with Crippen LogP contribution in [0, 0.1) is 11.8 Å². The Hall–Kier alpha value is -0.740. The molecule has 2 nitrogen and oxygen atoms in total. The van der Waals surface area contributed by atoms with Gasteiger partial charge in [-0.15, -0.1) is 0 Å². The number of carbonyl (C=O) groups is 1. The van der Waals surface area contributed by atoms with Crippen LogP contribution in [-0.2, 0) is 4.79 Å². The molecule has 0 radical (unpaired) electrons. The number of hydrogen-bond acceptors (Lipinski definition) is 1. The van der Waals surface area contributed by atoms with Gasteiger partial charge in [-0.1, -0.05) is 0 Å². The summed E-state index contributed by atoms with van der Waals surface area (Å²) in [5.74, 6) is -3.30. The topological polar surface area (TPSA) is 43.1 Å². The monoisotopic (exact) mass is 167 g/mol. The SMILES string of the molecule is NC(=O)C1CCC1C(F)(F)F. The van der Waals surface area contributed by atoms with E-state index in [0.717, 1.165) is 0 Å².